The Bertz CT molecular complexity index is 1550. The van der Waals surface area contributed by atoms with Crippen molar-refractivity contribution in [2.24, 2.45) is 10.7 Å². The smallest absolute Gasteiger partial charge is 0.251 e. The fraction of sp³-hybridized carbons (Fsp3) is 0.324. The molecule has 0 aromatic heterocycles. The van der Waals surface area contributed by atoms with E-state index in [1.165, 1.54) is 11.1 Å². The zero-order valence-corrected chi connectivity index (χ0v) is 26.2. The highest BCUT2D eigenvalue weighted by molar-refractivity contribution is 5.98. The number of nitrogens with zero attached hydrogens (tertiary/aromatic N) is 2. The van der Waals surface area contributed by atoms with Crippen LogP contribution in [0.4, 0.5) is 0 Å². The van der Waals surface area contributed by atoms with Gasteiger partial charge in [-0.05, 0) is 60.2 Å². The molecule has 0 spiro atoms. The van der Waals surface area contributed by atoms with E-state index in [-0.39, 0.29) is 29.8 Å². The fourth-order valence-electron chi connectivity index (χ4n) is 6.32. The number of hydrogen-bond acceptors (Lipinski definition) is 4. The lowest BCUT2D eigenvalue weighted by Gasteiger charge is -2.36. The minimum absolute atomic E-state index is 0.0170. The van der Waals surface area contributed by atoms with Gasteiger partial charge in [-0.3, -0.25) is 14.6 Å². The number of benzene rings is 4. The lowest BCUT2D eigenvalue weighted by molar-refractivity contribution is -0.135. The molecule has 3 atom stereocenters. The largest absolute Gasteiger partial charge is 0.370 e. The first-order valence-corrected chi connectivity index (χ1v) is 15.8. The summed E-state index contributed by atoms with van der Waals surface area (Å²) in [4.78, 5) is 33.5. The van der Waals surface area contributed by atoms with Gasteiger partial charge in [0.25, 0.3) is 5.91 Å². The molecule has 0 radical (unpaired) electrons. The molecule has 3 unspecified atom stereocenters. The predicted octanol–water partition coefficient (Wildman–Crippen LogP) is 4.66. The normalized spacial score (nSPS) is 18.1. The van der Waals surface area contributed by atoms with Crippen LogP contribution in [0.3, 0.4) is 0 Å². The number of hydrogen-bond donors (Lipinski definition) is 4. The van der Waals surface area contributed by atoms with E-state index < -0.39 is 6.04 Å². The quantitative estimate of drug-likeness (QED) is 0.113. The van der Waals surface area contributed by atoms with Crippen LogP contribution in [-0.2, 0) is 4.79 Å². The van der Waals surface area contributed by atoms with Crippen LogP contribution in [0, 0.1) is 0 Å². The van der Waals surface area contributed by atoms with E-state index in [0.29, 0.717) is 44.0 Å². The lowest BCUT2D eigenvalue weighted by atomic mass is 9.84. The molecule has 8 heteroatoms. The summed E-state index contributed by atoms with van der Waals surface area (Å²) in [6, 6.07) is 34.1. The third-order valence-electron chi connectivity index (χ3n) is 8.77. The van der Waals surface area contributed by atoms with Gasteiger partial charge < -0.3 is 26.6 Å². The second-order valence-corrected chi connectivity index (χ2v) is 11.7. The number of amides is 2. The van der Waals surface area contributed by atoms with Gasteiger partial charge in [0.15, 0.2) is 5.96 Å². The van der Waals surface area contributed by atoms with Crippen LogP contribution in [0.5, 0.6) is 0 Å². The molecule has 1 saturated heterocycles. The van der Waals surface area contributed by atoms with Crippen molar-refractivity contribution in [3.63, 3.8) is 0 Å². The van der Waals surface area contributed by atoms with Crippen LogP contribution >= 0.6 is 0 Å². The van der Waals surface area contributed by atoms with E-state index in [0.717, 1.165) is 17.2 Å². The molecule has 1 heterocycles. The minimum atomic E-state index is -0.397. The summed E-state index contributed by atoms with van der Waals surface area (Å²) < 4.78 is 0. The molecule has 4 aromatic carbocycles. The van der Waals surface area contributed by atoms with Crippen LogP contribution in [0.15, 0.2) is 108 Å². The van der Waals surface area contributed by atoms with E-state index in [4.69, 9.17) is 5.73 Å². The average Bonchev–Trinajstić information content (AvgIpc) is 3.24. The number of nitrogens with one attached hydrogen (secondary N) is 3. The number of fused-ring (bicyclic) bond motifs is 1. The van der Waals surface area contributed by atoms with Gasteiger partial charge in [-0.25, -0.2) is 0 Å². The number of guanidine groups is 1. The summed E-state index contributed by atoms with van der Waals surface area (Å²) in [6.45, 7) is 3.78. The Balaban J connectivity index is 1.34. The first-order chi connectivity index (χ1) is 21.9. The van der Waals surface area contributed by atoms with Crippen molar-refractivity contribution < 1.29 is 9.59 Å². The first kappa shape index (κ1) is 31.7. The number of nitrogens with two attached hydrogens (primary N) is 1. The van der Waals surface area contributed by atoms with Crippen molar-refractivity contribution in [1.82, 2.24) is 20.9 Å². The van der Waals surface area contributed by atoms with E-state index >= 15 is 0 Å². The molecule has 234 valence electrons. The van der Waals surface area contributed by atoms with Gasteiger partial charge in [-0.2, -0.15) is 0 Å². The number of rotatable bonds is 11. The Morgan fingerprint density at radius 2 is 1.58 bits per heavy atom. The molecule has 0 bridgehead atoms. The van der Waals surface area contributed by atoms with Crippen molar-refractivity contribution in [3.05, 3.63) is 120 Å². The van der Waals surface area contributed by atoms with Gasteiger partial charge in [-0.15, -0.1) is 0 Å². The van der Waals surface area contributed by atoms with E-state index in [2.05, 4.69) is 76.4 Å². The van der Waals surface area contributed by atoms with Crippen molar-refractivity contribution >= 4 is 28.5 Å². The predicted molar refractivity (Wildman–Crippen MR) is 182 cm³/mol. The topological polar surface area (TPSA) is 112 Å². The Morgan fingerprint density at radius 1 is 0.933 bits per heavy atom. The molecule has 1 aliphatic heterocycles. The molecule has 2 amide bonds. The molecule has 5 rings (SSSR count). The minimum Gasteiger partial charge on any atom is -0.370 e. The van der Waals surface area contributed by atoms with Gasteiger partial charge >= 0.3 is 0 Å². The molecule has 45 heavy (non-hydrogen) atoms. The van der Waals surface area contributed by atoms with Crippen LogP contribution < -0.4 is 21.7 Å². The molecule has 0 aliphatic carbocycles. The maximum Gasteiger partial charge on any atom is 0.251 e. The second kappa shape index (κ2) is 15.3. The molecule has 4 aromatic rings. The van der Waals surface area contributed by atoms with Crippen molar-refractivity contribution in [2.75, 3.05) is 26.7 Å². The van der Waals surface area contributed by atoms with Crippen molar-refractivity contribution in [2.45, 2.75) is 50.2 Å². The lowest BCUT2D eigenvalue weighted by Crippen LogP contribution is -2.51. The fourth-order valence-corrected chi connectivity index (χ4v) is 6.32. The number of carbonyl (C=O) groups is 2. The van der Waals surface area contributed by atoms with Crippen LogP contribution in [0.2, 0.25) is 0 Å². The maximum absolute atomic E-state index is 14.3. The second-order valence-electron chi connectivity index (χ2n) is 11.7. The SMILES string of the molecule is CN=C(N)NCCCC1NC(CNC(=O)c2ccc3ccccc3c2)CCN(C(C)C(c2ccccc2)c2ccccc2)C1=O. The molecule has 5 N–H and O–H groups in total. The molecule has 8 nitrogen and oxygen atoms in total. The standard InChI is InChI=1S/C37H44N6O2/c1-26(34(28-13-5-3-6-14-28)29-15-7-4-8-16-29)43-23-21-32(42-33(36(43)45)18-11-22-40-37(38)39-2)25-41-35(44)31-20-19-27-12-9-10-17-30(27)24-31/h3-10,12-17,19-20,24,26,32-34,42H,11,18,21-23,25H2,1-2H3,(H,41,44)(H3,38,39,40). The van der Waals surface area contributed by atoms with Gasteiger partial charge in [0.1, 0.15) is 0 Å². The zero-order chi connectivity index (χ0) is 31.6. The van der Waals surface area contributed by atoms with Gasteiger partial charge in [0.2, 0.25) is 5.91 Å². The number of aliphatic imine (C=N–C) groups is 1. The summed E-state index contributed by atoms with van der Waals surface area (Å²) in [5.41, 5.74) is 8.80. The molecule has 1 fully saturated rings. The summed E-state index contributed by atoms with van der Waals surface area (Å²) in [5, 5.41) is 12.0. The van der Waals surface area contributed by atoms with E-state index in [1.807, 2.05) is 59.5 Å². The summed E-state index contributed by atoms with van der Waals surface area (Å²) in [5.74, 6) is 0.364. The Labute approximate surface area is 266 Å². The monoisotopic (exact) mass is 604 g/mol. The van der Waals surface area contributed by atoms with E-state index in [1.54, 1.807) is 7.05 Å². The summed E-state index contributed by atoms with van der Waals surface area (Å²) >= 11 is 0. The highest BCUT2D eigenvalue weighted by Gasteiger charge is 2.36. The highest BCUT2D eigenvalue weighted by Crippen LogP contribution is 2.32. The third kappa shape index (κ3) is 8.08. The van der Waals surface area contributed by atoms with Crippen LogP contribution in [0.1, 0.15) is 53.6 Å². The van der Waals surface area contributed by atoms with Gasteiger partial charge in [0.05, 0.1) is 6.04 Å². The molecule has 1 aliphatic rings. The Hall–Kier alpha value is -4.69. The van der Waals surface area contributed by atoms with Gasteiger partial charge in [0, 0.05) is 50.2 Å². The Kier molecular flexibility index (Phi) is 10.8. The summed E-state index contributed by atoms with van der Waals surface area (Å²) in [7, 11) is 1.64. The number of carbonyl (C=O) groups excluding carboxylic acids is 2. The van der Waals surface area contributed by atoms with Crippen molar-refractivity contribution in [3.8, 4) is 0 Å². The van der Waals surface area contributed by atoms with E-state index in [9.17, 15) is 9.59 Å². The molecular formula is C37H44N6O2. The van der Waals surface area contributed by atoms with Crippen molar-refractivity contribution in [1.29, 1.82) is 0 Å². The third-order valence-corrected chi connectivity index (χ3v) is 8.77. The summed E-state index contributed by atoms with van der Waals surface area (Å²) in [6.07, 6.45) is 2.08. The average molecular weight is 605 g/mol. The van der Waals surface area contributed by atoms with Gasteiger partial charge in [-0.1, -0.05) is 91.0 Å². The zero-order valence-electron chi connectivity index (χ0n) is 26.2. The first-order valence-electron chi connectivity index (χ1n) is 15.8. The van der Waals surface area contributed by atoms with Crippen LogP contribution in [0.25, 0.3) is 10.8 Å². The Morgan fingerprint density at radius 3 is 2.24 bits per heavy atom. The maximum atomic E-state index is 14.3. The van der Waals surface area contributed by atoms with Crippen LogP contribution in [-0.4, -0.2) is 67.5 Å². The highest BCUT2D eigenvalue weighted by atomic mass is 16.2. The molecular weight excluding hydrogens is 560 g/mol. The molecule has 0 saturated carbocycles.